The predicted molar refractivity (Wildman–Crippen MR) is 69.6 cm³/mol. The molecule has 3 nitrogen and oxygen atoms in total. The van der Waals surface area contributed by atoms with E-state index < -0.39 is 0 Å². The number of hydrogen-bond acceptors (Lipinski definition) is 3. The molecular formula is C13H19NO2S. The summed E-state index contributed by atoms with van der Waals surface area (Å²) in [5.41, 5.74) is 0. The number of hydrogen-bond donors (Lipinski definition) is 0. The van der Waals surface area contributed by atoms with Crippen LogP contribution in [-0.2, 0) is 11.2 Å². The molecule has 2 rings (SSSR count). The number of carbonyl (C=O) groups excluding carboxylic acids is 1. The van der Waals surface area contributed by atoms with Crippen molar-refractivity contribution in [1.29, 1.82) is 0 Å². The third-order valence-corrected chi connectivity index (χ3v) is 4.15. The summed E-state index contributed by atoms with van der Waals surface area (Å²) in [6.45, 7) is 7.54. The van der Waals surface area contributed by atoms with Crippen LogP contribution in [0.5, 0.6) is 0 Å². The SMILES string of the molecule is CCc1ccc(C(=O)N2C[C@@H](C)O[C@@H](C)C2)s1. The molecule has 4 heteroatoms. The molecule has 0 aromatic carbocycles. The molecule has 0 N–H and O–H groups in total. The smallest absolute Gasteiger partial charge is 0.264 e. The summed E-state index contributed by atoms with van der Waals surface area (Å²) in [5.74, 6) is 0.150. The van der Waals surface area contributed by atoms with Crippen LogP contribution in [0.25, 0.3) is 0 Å². The van der Waals surface area contributed by atoms with Gasteiger partial charge in [-0.25, -0.2) is 0 Å². The van der Waals surface area contributed by atoms with Gasteiger partial charge in [0, 0.05) is 18.0 Å². The monoisotopic (exact) mass is 253 g/mol. The number of aryl methyl sites for hydroxylation is 1. The van der Waals surface area contributed by atoms with E-state index in [-0.39, 0.29) is 18.1 Å². The summed E-state index contributed by atoms with van der Waals surface area (Å²) in [6, 6.07) is 3.99. The molecule has 0 saturated carbocycles. The zero-order valence-electron chi connectivity index (χ0n) is 10.6. The average Bonchev–Trinajstić information content (AvgIpc) is 2.75. The molecule has 1 saturated heterocycles. The molecule has 0 spiro atoms. The van der Waals surface area contributed by atoms with E-state index in [4.69, 9.17) is 4.74 Å². The highest BCUT2D eigenvalue weighted by Gasteiger charge is 2.27. The molecule has 1 aromatic rings. The first kappa shape index (κ1) is 12.6. The van der Waals surface area contributed by atoms with E-state index in [0.29, 0.717) is 13.1 Å². The van der Waals surface area contributed by atoms with Crippen molar-refractivity contribution < 1.29 is 9.53 Å². The van der Waals surface area contributed by atoms with Gasteiger partial charge < -0.3 is 9.64 Å². The average molecular weight is 253 g/mol. The Kier molecular flexibility index (Phi) is 3.84. The van der Waals surface area contributed by atoms with Crippen LogP contribution in [0.3, 0.4) is 0 Å². The van der Waals surface area contributed by atoms with Crippen molar-refractivity contribution in [3.63, 3.8) is 0 Å². The Balaban J connectivity index is 2.08. The lowest BCUT2D eigenvalue weighted by Gasteiger charge is -2.35. The summed E-state index contributed by atoms with van der Waals surface area (Å²) in [5, 5.41) is 0. The first-order chi connectivity index (χ1) is 8.10. The van der Waals surface area contributed by atoms with Crippen molar-refractivity contribution in [2.75, 3.05) is 13.1 Å². The highest BCUT2D eigenvalue weighted by atomic mass is 32.1. The molecule has 1 aromatic heterocycles. The number of nitrogens with zero attached hydrogens (tertiary/aromatic N) is 1. The highest BCUT2D eigenvalue weighted by Crippen LogP contribution is 2.21. The molecule has 94 valence electrons. The molecule has 0 unspecified atom stereocenters. The summed E-state index contributed by atoms with van der Waals surface area (Å²) >= 11 is 1.61. The molecule has 0 bridgehead atoms. The zero-order valence-corrected chi connectivity index (χ0v) is 11.4. The lowest BCUT2D eigenvalue weighted by Crippen LogP contribution is -2.48. The fraction of sp³-hybridized carbons (Fsp3) is 0.615. The third-order valence-electron chi connectivity index (χ3n) is 2.93. The second kappa shape index (κ2) is 5.19. The van der Waals surface area contributed by atoms with Crippen LogP contribution in [0.15, 0.2) is 12.1 Å². The normalized spacial score (nSPS) is 25.0. The van der Waals surface area contributed by atoms with Gasteiger partial charge in [-0.1, -0.05) is 6.92 Å². The van der Waals surface area contributed by atoms with Gasteiger partial charge in [0.25, 0.3) is 5.91 Å². The van der Waals surface area contributed by atoms with Crippen LogP contribution in [0.1, 0.15) is 35.3 Å². The van der Waals surface area contributed by atoms with E-state index in [1.807, 2.05) is 30.9 Å². The molecule has 17 heavy (non-hydrogen) atoms. The van der Waals surface area contributed by atoms with Gasteiger partial charge in [-0.15, -0.1) is 11.3 Å². The standard InChI is InChI=1S/C13H19NO2S/c1-4-11-5-6-12(17-11)13(15)14-7-9(2)16-10(3)8-14/h5-6,9-10H,4,7-8H2,1-3H3/t9-,10+. The maximum atomic E-state index is 12.3. The Labute approximate surface area is 106 Å². The van der Waals surface area contributed by atoms with Crippen molar-refractivity contribution in [2.24, 2.45) is 0 Å². The number of amides is 1. The van der Waals surface area contributed by atoms with Crippen LogP contribution in [0.4, 0.5) is 0 Å². The quantitative estimate of drug-likeness (QED) is 0.810. The van der Waals surface area contributed by atoms with Gasteiger partial charge in [0.15, 0.2) is 0 Å². The Bertz CT molecular complexity index is 392. The Morgan fingerprint density at radius 2 is 2.06 bits per heavy atom. The van der Waals surface area contributed by atoms with E-state index in [9.17, 15) is 4.79 Å². The van der Waals surface area contributed by atoms with Gasteiger partial charge in [-0.05, 0) is 32.4 Å². The van der Waals surface area contributed by atoms with E-state index in [0.717, 1.165) is 11.3 Å². The zero-order chi connectivity index (χ0) is 12.4. The first-order valence-corrected chi connectivity index (χ1v) is 6.95. The maximum absolute atomic E-state index is 12.3. The van der Waals surface area contributed by atoms with Crippen LogP contribution in [0.2, 0.25) is 0 Å². The highest BCUT2D eigenvalue weighted by molar-refractivity contribution is 7.14. The molecule has 1 aliphatic heterocycles. The van der Waals surface area contributed by atoms with Gasteiger partial charge in [-0.2, -0.15) is 0 Å². The second-order valence-electron chi connectivity index (χ2n) is 4.59. The largest absolute Gasteiger partial charge is 0.372 e. The lowest BCUT2D eigenvalue weighted by molar-refractivity contribution is -0.0585. The first-order valence-electron chi connectivity index (χ1n) is 6.13. The van der Waals surface area contributed by atoms with E-state index >= 15 is 0 Å². The van der Waals surface area contributed by atoms with Gasteiger partial charge >= 0.3 is 0 Å². The maximum Gasteiger partial charge on any atom is 0.264 e. The van der Waals surface area contributed by atoms with Crippen molar-refractivity contribution in [1.82, 2.24) is 4.90 Å². The van der Waals surface area contributed by atoms with Gasteiger partial charge in [0.2, 0.25) is 0 Å². The van der Waals surface area contributed by atoms with E-state index in [1.54, 1.807) is 11.3 Å². The summed E-state index contributed by atoms with van der Waals surface area (Å²) in [4.78, 5) is 16.3. The third kappa shape index (κ3) is 2.87. The van der Waals surface area contributed by atoms with E-state index in [1.165, 1.54) is 4.88 Å². The predicted octanol–water partition coefficient (Wildman–Crippen LogP) is 2.56. The molecule has 2 atom stereocenters. The summed E-state index contributed by atoms with van der Waals surface area (Å²) < 4.78 is 5.64. The summed E-state index contributed by atoms with van der Waals surface area (Å²) in [7, 11) is 0. The van der Waals surface area contributed by atoms with Gasteiger partial charge in [-0.3, -0.25) is 4.79 Å². The number of thiophene rings is 1. The molecule has 1 fully saturated rings. The Hall–Kier alpha value is -0.870. The number of rotatable bonds is 2. The molecule has 0 aliphatic carbocycles. The molecule has 0 radical (unpaired) electrons. The summed E-state index contributed by atoms with van der Waals surface area (Å²) in [6.07, 6.45) is 1.26. The van der Waals surface area contributed by atoms with Crippen molar-refractivity contribution >= 4 is 17.2 Å². The Morgan fingerprint density at radius 1 is 1.41 bits per heavy atom. The fourth-order valence-corrected chi connectivity index (χ4v) is 3.10. The molecule has 1 aliphatic rings. The van der Waals surface area contributed by atoms with Crippen molar-refractivity contribution in [3.8, 4) is 0 Å². The van der Waals surface area contributed by atoms with Gasteiger partial charge in [0.1, 0.15) is 0 Å². The van der Waals surface area contributed by atoms with Crippen LogP contribution in [-0.4, -0.2) is 36.1 Å². The fourth-order valence-electron chi connectivity index (χ4n) is 2.18. The number of morpholine rings is 1. The minimum absolute atomic E-state index is 0.133. The second-order valence-corrected chi connectivity index (χ2v) is 5.76. The Morgan fingerprint density at radius 3 is 2.59 bits per heavy atom. The van der Waals surface area contributed by atoms with Crippen LogP contribution < -0.4 is 0 Å². The van der Waals surface area contributed by atoms with Crippen LogP contribution in [0, 0.1) is 0 Å². The minimum atomic E-state index is 0.133. The topological polar surface area (TPSA) is 29.5 Å². The van der Waals surface area contributed by atoms with Crippen LogP contribution >= 0.6 is 11.3 Å². The van der Waals surface area contributed by atoms with E-state index in [2.05, 4.69) is 6.92 Å². The van der Waals surface area contributed by atoms with Crippen molar-refractivity contribution in [3.05, 3.63) is 21.9 Å². The molecular weight excluding hydrogens is 234 g/mol. The molecule has 1 amide bonds. The molecule has 2 heterocycles. The minimum Gasteiger partial charge on any atom is -0.372 e. The number of ether oxygens (including phenoxy) is 1. The van der Waals surface area contributed by atoms with Gasteiger partial charge in [0.05, 0.1) is 17.1 Å². The van der Waals surface area contributed by atoms with Crippen molar-refractivity contribution in [2.45, 2.75) is 39.4 Å². The number of carbonyl (C=O) groups is 1. The lowest BCUT2D eigenvalue weighted by atomic mass is 10.2.